The molecule has 0 radical (unpaired) electrons. The smallest absolute Gasteiger partial charge is 0.263 e. The van der Waals surface area contributed by atoms with Gasteiger partial charge in [-0.05, 0) is 17.7 Å². The molecule has 1 heterocycles. The van der Waals surface area contributed by atoms with Crippen LogP contribution in [-0.2, 0) is 11.2 Å². The van der Waals surface area contributed by atoms with Gasteiger partial charge in [0.15, 0.2) is 0 Å². The van der Waals surface area contributed by atoms with Crippen molar-refractivity contribution >= 4 is 29.1 Å². The number of benzene rings is 1. The molecule has 2 rings (SSSR count). The van der Waals surface area contributed by atoms with Crippen LogP contribution in [-0.4, -0.2) is 48.1 Å². The number of nitrogens with one attached hydrogen (secondary N) is 1. The summed E-state index contributed by atoms with van der Waals surface area (Å²) in [5.41, 5.74) is 0.139. The van der Waals surface area contributed by atoms with Crippen LogP contribution in [0.2, 0.25) is 10.0 Å². The average Bonchev–Trinajstić information content (AvgIpc) is 2.55. The first-order chi connectivity index (χ1) is 11.4. The maximum Gasteiger partial charge on any atom is 0.263 e. The third-order valence-electron chi connectivity index (χ3n) is 3.47. The summed E-state index contributed by atoms with van der Waals surface area (Å²) < 4.78 is 4.92. The molecule has 0 aliphatic rings. The van der Waals surface area contributed by atoms with Crippen molar-refractivity contribution in [2.24, 2.45) is 0 Å². The quantitative estimate of drug-likeness (QED) is 0.847. The lowest BCUT2D eigenvalue weighted by atomic mass is 10.1. The van der Waals surface area contributed by atoms with Gasteiger partial charge in [-0.3, -0.25) is 9.59 Å². The molecule has 0 atom stereocenters. The molecule has 1 aromatic heterocycles. The minimum absolute atomic E-state index is 0.0254. The Morgan fingerprint density at radius 2 is 2.00 bits per heavy atom. The highest BCUT2D eigenvalue weighted by atomic mass is 35.5. The van der Waals surface area contributed by atoms with Crippen LogP contribution >= 0.6 is 23.2 Å². The molecule has 1 amide bonds. The van der Waals surface area contributed by atoms with E-state index in [1.54, 1.807) is 32.4 Å². The Bertz CT molecular complexity index is 772. The van der Waals surface area contributed by atoms with Gasteiger partial charge in [0.2, 0.25) is 0 Å². The number of hydrogen-bond donors (Lipinski definition) is 1. The molecule has 6 nitrogen and oxygen atoms in total. The number of nitrogens with zero attached hydrogens (tertiary/aromatic N) is 2. The number of likely N-dealkylation sites (N-methyl/N-ethyl adjacent to an activating group) is 1. The summed E-state index contributed by atoms with van der Waals surface area (Å²) in [4.78, 5) is 32.6. The van der Waals surface area contributed by atoms with Crippen molar-refractivity contribution in [2.75, 3.05) is 27.3 Å². The highest BCUT2D eigenvalue weighted by molar-refractivity contribution is 6.36. The van der Waals surface area contributed by atoms with Gasteiger partial charge in [0.1, 0.15) is 11.4 Å². The molecule has 0 fully saturated rings. The number of H-pyrrole nitrogens is 1. The van der Waals surface area contributed by atoms with Gasteiger partial charge < -0.3 is 14.6 Å². The predicted octanol–water partition coefficient (Wildman–Crippen LogP) is 2.39. The zero-order valence-electron chi connectivity index (χ0n) is 13.3. The number of halogens is 2. The van der Waals surface area contributed by atoms with Crippen molar-refractivity contribution < 1.29 is 9.53 Å². The molecular weight excluding hydrogens is 353 g/mol. The average molecular weight is 370 g/mol. The van der Waals surface area contributed by atoms with Gasteiger partial charge in [-0.25, -0.2) is 4.98 Å². The molecule has 2 aromatic rings. The molecule has 0 unspecified atom stereocenters. The molecule has 0 saturated heterocycles. The molecule has 8 heteroatoms. The molecule has 24 heavy (non-hydrogen) atoms. The van der Waals surface area contributed by atoms with Crippen molar-refractivity contribution in [3.05, 3.63) is 61.7 Å². The number of rotatable bonds is 6. The monoisotopic (exact) mass is 369 g/mol. The molecule has 0 spiro atoms. The van der Waals surface area contributed by atoms with Gasteiger partial charge in [0.25, 0.3) is 11.5 Å². The lowest BCUT2D eigenvalue weighted by Crippen LogP contribution is -2.34. The highest BCUT2D eigenvalue weighted by Crippen LogP contribution is 2.25. The van der Waals surface area contributed by atoms with Crippen molar-refractivity contribution in [2.45, 2.75) is 6.42 Å². The Morgan fingerprint density at radius 1 is 1.33 bits per heavy atom. The normalized spacial score (nSPS) is 10.7. The number of carbonyl (C=O) groups is 1. The maximum atomic E-state index is 12.2. The third kappa shape index (κ3) is 4.35. The van der Waals surface area contributed by atoms with E-state index in [1.165, 1.54) is 11.1 Å². The molecule has 0 saturated carbocycles. The third-order valence-corrected chi connectivity index (χ3v) is 4.17. The first kappa shape index (κ1) is 18.4. The number of hydrogen-bond acceptors (Lipinski definition) is 4. The summed E-state index contributed by atoms with van der Waals surface area (Å²) in [5, 5.41) is 0.981. The lowest BCUT2D eigenvalue weighted by molar-refractivity contribution is 0.0742. The molecule has 1 aromatic carbocycles. The fourth-order valence-corrected chi connectivity index (χ4v) is 2.61. The number of aromatic nitrogens is 2. The van der Waals surface area contributed by atoms with Crippen LogP contribution in [0, 0.1) is 0 Å². The Hall–Kier alpha value is -1.89. The maximum absolute atomic E-state index is 12.2. The van der Waals surface area contributed by atoms with Crippen molar-refractivity contribution in [3.8, 4) is 0 Å². The largest absolute Gasteiger partial charge is 0.383 e. The van der Waals surface area contributed by atoms with Gasteiger partial charge in [-0.15, -0.1) is 0 Å². The minimum atomic E-state index is -0.502. The van der Waals surface area contributed by atoms with Crippen LogP contribution in [0.4, 0.5) is 0 Å². The standard InChI is InChI=1S/C16H17Cl2N3O3/c1-21(6-7-24-2)16(23)11-9-19-14(20-15(11)22)8-10-12(17)4-3-5-13(10)18/h3-5,9H,6-8H2,1-2H3,(H,19,20,22). The Labute approximate surface area is 149 Å². The van der Waals surface area contributed by atoms with Crippen LogP contribution in [0.1, 0.15) is 21.7 Å². The van der Waals surface area contributed by atoms with Crippen LogP contribution in [0.5, 0.6) is 0 Å². The second-order valence-corrected chi connectivity index (χ2v) is 5.98. The van der Waals surface area contributed by atoms with E-state index in [4.69, 9.17) is 27.9 Å². The number of ether oxygens (including phenoxy) is 1. The van der Waals surface area contributed by atoms with Crippen molar-refractivity contribution in [1.29, 1.82) is 0 Å². The topological polar surface area (TPSA) is 75.3 Å². The highest BCUT2D eigenvalue weighted by Gasteiger charge is 2.17. The summed E-state index contributed by atoms with van der Waals surface area (Å²) in [6, 6.07) is 5.16. The van der Waals surface area contributed by atoms with Gasteiger partial charge in [0, 0.05) is 43.4 Å². The predicted molar refractivity (Wildman–Crippen MR) is 93.0 cm³/mol. The van der Waals surface area contributed by atoms with E-state index < -0.39 is 11.5 Å². The summed E-state index contributed by atoms with van der Waals surface area (Å²) in [6.45, 7) is 0.766. The van der Waals surface area contributed by atoms with Gasteiger partial charge in [-0.1, -0.05) is 29.3 Å². The fourth-order valence-electron chi connectivity index (χ4n) is 2.08. The lowest BCUT2D eigenvalue weighted by Gasteiger charge is -2.16. The summed E-state index contributed by atoms with van der Waals surface area (Å²) in [5.74, 6) is -0.0331. The zero-order chi connectivity index (χ0) is 17.7. The SMILES string of the molecule is COCCN(C)C(=O)c1cnc(Cc2c(Cl)cccc2Cl)[nH]c1=O. The van der Waals surface area contributed by atoms with Crippen molar-refractivity contribution in [1.82, 2.24) is 14.9 Å². The number of carbonyl (C=O) groups excluding carboxylic acids is 1. The second-order valence-electron chi connectivity index (χ2n) is 5.17. The van der Waals surface area contributed by atoms with Crippen LogP contribution in [0.3, 0.4) is 0 Å². The van der Waals surface area contributed by atoms with Crippen LogP contribution in [0.15, 0.2) is 29.2 Å². The minimum Gasteiger partial charge on any atom is -0.383 e. The number of aromatic amines is 1. The molecule has 0 bridgehead atoms. The Morgan fingerprint density at radius 3 is 2.58 bits per heavy atom. The van der Waals surface area contributed by atoms with Crippen LogP contribution in [0.25, 0.3) is 0 Å². The van der Waals surface area contributed by atoms with E-state index in [0.29, 0.717) is 34.6 Å². The first-order valence-corrected chi connectivity index (χ1v) is 7.95. The van der Waals surface area contributed by atoms with Gasteiger partial charge >= 0.3 is 0 Å². The fraction of sp³-hybridized carbons (Fsp3) is 0.312. The summed E-state index contributed by atoms with van der Waals surface area (Å²) in [7, 11) is 3.14. The van der Waals surface area contributed by atoms with Crippen molar-refractivity contribution in [3.63, 3.8) is 0 Å². The van der Waals surface area contributed by atoms with E-state index in [0.717, 1.165) is 0 Å². The molecule has 1 N–H and O–H groups in total. The Balaban J connectivity index is 2.21. The van der Waals surface area contributed by atoms with E-state index in [9.17, 15) is 9.59 Å². The Kier molecular flexibility index (Phi) is 6.36. The molecular formula is C16H17Cl2N3O3. The van der Waals surface area contributed by atoms with Gasteiger partial charge in [0.05, 0.1) is 6.61 Å². The van der Waals surface area contributed by atoms with E-state index >= 15 is 0 Å². The second kappa shape index (κ2) is 8.28. The number of amides is 1. The summed E-state index contributed by atoms with van der Waals surface area (Å²) >= 11 is 12.2. The van der Waals surface area contributed by atoms with E-state index in [-0.39, 0.29) is 12.0 Å². The molecule has 128 valence electrons. The zero-order valence-corrected chi connectivity index (χ0v) is 14.8. The van der Waals surface area contributed by atoms with E-state index in [1.807, 2.05) is 0 Å². The molecule has 0 aliphatic heterocycles. The molecule has 0 aliphatic carbocycles. The summed E-state index contributed by atoms with van der Waals surface area (Å²) in [6.07, 6.45) is 1.53. The van der Waals surface area contributed by atoms with Gasteiger partial charge in [-0.2, -0.15) is 0 Å². The first-order valence-electron chi connectivity index (χ1n) is 7.19. The van der Waals surface area contributed by atoms with E-state index in [2.05, 4.69) is 9.97 Å². The van der Waals surface area contributed by atoms with Crippen LogP contribution < -0.4 is 5.56 Å². The number of methoxy groups -OCH3 is 1.